The fraction of sp³-hybridized carbons (Fsp3) is 0.105. The lowest BCUT2D eigenvalue weighted by Crippen LogP contribution is -2.17. The Morgan fingerprint density at radius 2 is 1.76 bits per heavy atom. The lowest BCUT2D eigenvalue weighted by Gasteiger charge is -2.13. The third kappa shape index (κ3) is 4.89. The Bertz CT molecular complexity index is 1180. The van der Waals surface area contributed by atoms with Crippen LogP contribution in [0.3, 0.4) is 0 Å². The number of benzene rings is 2. The molecule has 0 aliphatic heterocycles. The summed E-state index contributed by atoms with van der Waals surface area (Å²) in [4.78, 5) is -0.235. The summed E-state index contributed by atoms with van der Waals surface area (Å²) in [6.45, 7) is 1.69. The van der Waals surface area contributed by atoms with Crippen molar-refractivity contribution < 1.29 is 30.7 Å². The number of anilines is 1. The second-order valence-corrected chi connectivity index (χ2v) is 7.61. The van der Waals surface area contributed by atoms with Gasteiger partial charge < -0.3 is 9.15 Å². The maximum Gasteiger partial charge on any atom is 0.573 e. The van der Waals surface area contributed by atoms with E-state index in [1.807, 2.05) is 6.07 Å². The van der Waals surface area contributed by atoms with Gasteiger partial charge in [0.1, 0.15) is 17.6 Å². The number of halogens is 3. The second kappa shape index (κ2) is 7.52. The van der Waals surface area contributed by atoms with Gasteiger partial charge in [-0.15, -0.1) is 13.2 Å². The fourth-order valence-electron chi connectivity index (χ4n) is 2.46. The van der Waals surface area contributed by atoms with E-state index in [0.717, 1.165) is 24.3 Å². The topological polar surface area (TPSA) is 92.3 Å². The van der Waals surface area contributed by atoms with Crippen LogP contribution in [0.2, 0.25) is 0 Å². The van der Waals surface area contributed by atoms with Crippen LogP contribution in [0.4, 0.5) is 18.9 Å². The number of rotatable bonds is 5. The molecule has 3 rings (SSSR count). The van der Waals surface area contributed by atoms with Gasteiger partial charge >= 0.3 is 6.36 Å². The maximum atomic E-state index is 12.6. The zero-order chi connectivity index (χ0) is 21.2. The molecule has 0 radical (unpaired) electrons. The number of furan rings is 1. The first-order valence-electron chi connectivity index (χ1n) is 8.07. The Hall–Kier alpha value is -3.45. The minimum Gasteiger partial charge on any atom is -0.446 e. The number of sulfonamides is 1. The number of alkyl halides is 3. The van der Waals surface area contributed by atoms with E-state index in [2.05, 4.69) is 9.46 Å². The van der Waals surface area contributed by atoms with Crippen LogP contribution in [0.25, 0.3) is 11.3 Å². The van der Waals surface area contributed by atoms with Crippen molar-refractivity contribution in [1.29, 1.82) is 5.26 Å². The van der Waals surface area contributed by atoms with Gasteiger partial charge in [0.2, 0.25) is 5.76 Å². The van der Waals surface area contributed by atoms with E-state index in [1.54, 1.807) is 25.1 Å². The van der Waals surface area contributed by atoms with E-state index in [4.69, 9.17) is 9.68 Å². The molecule has 0 saturated carbocycles. The van der Waals surface area contributed by atoms with Crippen LogP contribution >= 0.6 is 0 Å². The van der Waals surface area contributed by atoms with Crippen molar-refractivity contribution in [2.24, 2.45) is 0 Å². The number of nitriles is 1. The van der Waals surface area contributed by atoms with Crippen molar-refractivity contribution in [3.05, 3.63) is 65.9 Å². The zero-order valence-corrected chi connectivity index (χ0v) is 15.6. The highest BCUT2D eigenvalue weighted by Crippen LogP contribution is 2.29. The van der Waals surface area contributed by atoms with Gasteiger partial charge in [0, 0.05) is 5.56 Å². The molecule has 0 atom stereocenters. The Kier molecular flexibility index (Phi) is 5.26. The minimum absolute atomic E-state index is 0.115. The van der Waals surface area contributed by atoms with Gasteiger partial charge in [0.15, 0.2) is 0 Å². The summed E-state index contributed by atoms with van der Waals surface area (Å²) >= 11 is 0. The summed E-state index contributed by atoms with van der Waals surface area (Å²) in [5, 5.41) is 8.85. The molecular formula is C19H13F3N2O4S. The van der Waals surface area contributed by atoms with E-state index in [1.165, 1.54) is 12.1 Å². The summed E-state index contributed by atoms with van der Waals surface area (Å²) in [5.41, 5.74) is 1.41. The van der Waals surface area contributed by atoms with E-state index in [0.29, 0.717) is 16.9 Å². The van der Waals surface area contributed by atoms with Crippen LogP contribution in [0.15, 0.2) is 63.9 Å². The van der Waals surface area contributed by atoms with Crippen molar-refractivity contribution in [3.8, 4) is 23.1 Å². The molecule has 29 heavy (non-hydrogen) atoms. The van der Waals surface area contributed by atoms with Crippen LogP contribution in [0, 0.1) is 18.3 Å². The van der Waals surface area contributed by atoms with Crippen LogP contribution in [-0.4, -0.2) is 14.8 Å². The molecule has 0 amide bonds. The first kappa shape index (κ1) is 20.3. The molecule has 1 heterocycles. The summed E-state index contributed by atoms with van der Waals surface area (Å²) in [6, 6.07) is 13.7. The molecule has 10 heteroatoms. The fourth-order valence-corrected chi connectivity index (χ4v) is 3.58. The molecule has 6 nitrogen and oxygen atoms in total. The average Bonchev–Trinajstić information content (AvgIpc) is 3.12. The van der Waals surface area contributed by atoms with Crippen molar-refractivity contribution in [3.63, 3.8) is 0 Å². The number of hydrogen-bond donors (Lipinski definition) is 1. The molecule has 0 aliphatic carbocycles. The van der Waals surface area contributed by atoms with Crippen molar-refractivity contribution in [2.75, 3.05) is 4.72 Å². The van der Waals surface area contributed by atoms with E-state index < -0.39 is 22.1 Å². The molecule has 2 aromatic carbocycles. The summed E-state index contributed by atoms with van der Waals surface area (Å²) in [7, 11) is -4.06. The molecule has 0 spiro atoms. The largest absolute Gasteiger partial charge is 0.573 e. The summed E-state index contributed by atoms with van der Waals surface area (Å²) in [5.74, 6) is -0.0275. The van der Waals surface area contributed by atoms with Crippen molar-refractivity contribution in [2.45, 2.75) is 18.2 Å². The van der Waals surface area contributed by atoms with Gasteiger partial charge in [-0.2, -0.15) is 5.26 Å². The van der Waals surface area contributed by atoms with Gasteiger partial charge in [-0.1, -0.05) is 12.1 Å². The standard InChI is InChI=1S/C19H13F3N2O4S/c1-12-2-3-13(18-9-6-15(11-23)27-18)10-17(12)24-29(25,26)16-7-4-14(5-8-16)28-19(20,21)22/h2-10,24H,1H3. The smallest absolute Gasteiger partial charge is 0.446 e. The number of nitrogens with one attached hydrogen (secondary N) is 1. The summed E-state index contributed by atoms with van der Waals surface area (Å²) < 4.78 is 73.4. The van der Waals surface area contributed by atoms with E-state index in [-0.39, 0.29) is 16.3 Å². The van der Waals surface area contributed by atoms with Gasteiger partial charge in [0.25, 0.3) is 10.0 Å². The molecule has 150 valence electrons. The van der Waals surface area contributed by atoms with E-state index >= 15 is 0 Å². The first-order chi connectivity index (χ1) is 13.6. The molecular weight excluding hydrogens is 409 g/mol. The Morgan fingerprint density at radius 3 is 2.34 bits per heavy atom. The van der Waals surface area contributed by atoms with Gasteiger partial charge in [0.05, 0.1) is 10.6 Å². The molecule has 1 aromatic heterocycles. The van der Waals surface area contributed by atoms with Gasteiger partial charge in [-0.3, -0.25) is 4.72 Å². The summed E-state index contributed by atoms with van der Waals surface area (Å²) in [6.07, 6.45) is -4.87. The predicted octanol–water partition coefficient (Wildman–Crippen LogP) is 4.83. The number of nitrogens with zero attached hydrogens (tertiary/aromatic N) is 1. The first-order valence-corrected chi connectivity index (χ1v) is 9.55. The van der Waals surface area contributed by atoms with Crippen LogP contribution in [0.1, 0.15) is 11.3 Å². The van der Waals surface area contributed by atoms with Gasteiger partial charge in [-0.25, -0.2) is 8.42 Å². The van der Waals surface area contributed by atoms with Crippen LogP contribution in [0.5, 0.6) is 5.75 Å². The molecule has 0 aliphatic rings. The Morgan fingerprint density at radius 1 is 1.07 bits per heavy atom. The normalized spacial score (nSPS) is 11.7. The molecule has 1 N–H and O–H groups in total. The minimum atomic E-state index is -4.87. The number of aryl methyl sites for hydroxylation is 1. The molecule has 0 bridgehead atoms. The quantitative estimate of drug-likeness (QED) is 0.636. The van der Waals surface area contributed by atoms with E-state index in [9.17, 15) is 21.6 Å². The van der Waals surface area contributed by atoms with Crippen molar-refractivity contribution >= 4 is 15.7 Å². The van der Waals surface area contributed by atoms with Crippen LogP contribution < -0.4 is 9.46 Å². The maximum absolute atomic E-state index is 12.6. The molecule has 3 aromatic rings. The predicted molar refractivity (Wildman–Crippen MR) is 97.5 cm³/mol. The highest BCUT2D eigenvalue weighted by molar-refractivity contribution is 7.92. The lowest BCUT2D eigenvalue weighted by atomic mass is 10.1. The van der Waals surface area contributed by atoms with Crippen molar-refractivity contribution in [1.82, 2.24) is 0 Å². The Labute approximate surface area is 164 Å². The second-order valence-electron chi connectivity index (χ2n) is 5.93. The van der Waals surface area contributed by atoms with Crippen LogP contribution in [-0.2, 0) is 10.0 Å². The monoisotopic (exact) mass is 422 g/mol. The lowest BCUT2D eigenvalue weighted by molar-refractivity contribution is -0.274. The SMILES string of the molecule is Cc1ccc(-c2ccc(C#N)o2)cc1NS(=O)(=O)c1ccc(OC(F)(F)F)cc1. The number of ether oxygens (including phenoxy) is 1. The van der Waals surface area contributed by atoms with Gasteiger partial charge in [-0.05, 0) is 55.0 Å². The third-order valence-electron chi connectivity index (χ3n) is 3.85. The molecule has 0 saturated heterocycles. The molecule has 0 fully saturated rings. The zero-order valence-electron chi connectivity index (χ0n) is 14.8. The highest BCUT2D eigenvalue weighted by Gasteiger charge is 2.31. The third-order valence-corrected chi connectivity index (χ3v) is 5.23. The Balaban J connectivity index is 1.86. The number of hydrogen-bond acceptors (Lipinski definition) is 5. The highest BCUT2D eigenvalue weighted by atomic mass is 32.2. The average molecular weight is 422 g/mol. The molecule has 0 unspecified atom stereocenters.